The lowest BCUT2D eigenvalue weighted by atomic mass is 9.98. The van der Waals surface area contributed by atoms with Gasteiger partial charge in [-0.15, -0.1) is 0 Å². The first-order valence-electron chi connectivity index (χ1n) is 9.66. The Labute approximate surface area is 172 Å². The van der Waals surface area contributed by atoms with Crippen LogP contribution in [-0.4, -0.2) is 15.5 Å². The fraction of sp³-hybridized carbons (Fsp3) is 0.125. The molecule has 1 unspecified atom stereocenters. The molecule has 0 saturated carbocycles. The highest BCUT2D eigenvalue weighted by Gasteiger charge is 2.17. The molecule has 0 spiro atoms. The summed E-state index contributed by atoms with van der Waals surface area (Å²) in [6.07, 6.45) is 1.58. The number of fused-ring (bicyclic) bond motifs is 1. The smallest absolute Gasteiger partial charge is 0.261 e. The second-order valence-corrected chi connectivity index (χ2v) is 6.97. The number of para-hydroxylation sites is 1. The molecule has 4 rings (SSSR count). The number of nitrogens with zero attached hydrogens (tertiary/aromatic N) is 2. The van der Waals surface area contributed by atoms with Gasteiger partial charge in [0.05, 0.1) is 23.3 Å². The summed E-state index contributed by atoms with van der Waals surface area (Å²) < 4.78 is 14.8. The molecule has 0 bridgehead atoms. The van der Waals surface area contributed by atoms with Crippen LogP contribution in [0.3, 0.4) is 0 Å². The first kappa shape index (κ1) is 19.5. The molecule has 1 aromatic heterocycles. The fourth-order valence-electron chi connectivity index (χ4n) is 3.38. The quantitative estimate of drug-likeness (QED) is 0.534. The van der Waals surface area contributed by atoms with Crippen LogP contribution < -0.4 is 10.9 Å². The number of rotatable bonds is 6. The van der Waals surface area contributed by atoms with Crippen molar-refractivity contribution < 1.29 is 9.18 Å². The largest absolute Gasteiger partial charge is 0.345 e. The Hall–Kier alpha value is -3.80. The van der Waals surface area contributed by atoms with Gasteiger partial charge in [-0.05, 0) is 35.4 Å². The van der Waals surface area contributed by atoms with Crippen molar-refractivity contribution in [2.75, 3.05) is 0 Å². The maximum absolute atomic E-state index is 13.3. The molecule has 0 saturated heterocycles. The third-order valence-electron chi connectivity index (χ3n) is 4.95. The average molecular weight is 401 g/mol. The molecule has 0 fully saturated rings. The number of carbonyl (C=O) groups excluding carboxylic acids is 1. The van der Waals surface area contributed by atoms with Crippen molar-refractivity contribution in [1.29, 1.82) is 0 Å². The monoisotopic (exact) mass is 401 g/mol. The van der Waals surface area contributed by atoms with E-state index in [0.29, 0.717) is 10.9 Å². The van der Waals surface area contributed by atoms with Crippen LogP contribution in [0.1, 0.15) is 23.6 Å². The van der Waals surface area contributed by atoms with E-state index < -0.39 is 6.04 Å². The third-order valence-corrected chi connectivity index (χ3v) is 4.95. The molecular formula is C24H20FN3O2. The van der Waals surface area contributed by atoms with E-state index in [0.717, 1.165) is 11.1 Å². The number of hydrogen-bond donors (Lipinski definition) is 1. The zero-order chi connectivity index (χ0) is 20.9. The van der Waals surface area contributed by atoms with Crippen LogP contribution in [0.25, 0.3) is 10.9 Å². The summed E-state index contributed by atoms with van der Waals surface area (Å²) in [6.45, 7) is 0.216. The predicted molar refractivity (Wildman–Crippen MR) is 113 cm³/mol. The Bertz CT molecular complexity index is 1220. The number of benzene rings is 3. The van der Waals surface area contributed by atoms with E-state index in [1.165, 1.54) is 23.0 Å². The topological polar surface area (TPSA) is 64.0 Å². The number of carbonyl (C=O) groups is 1. The molecule has 0 aliphatic heterocycles. The molecule has 6 heteroatoms. The first-order valence-corrected chi connectivity index (χ1v) is 9.66. The van der Waals surface area contributed by atoms with E-state index in [-0.39, 0.29) is 30.2 Å². The van der Waals surface area contributed by atoms with Crippen LogP contribution >= 0.6 is 0 Å². The van der Waals surface area contributed by atoms with Crippen LogP contribution in [0.4, 0.5) is 4.39 Å². The van der Waals surface area contributed by atoms with E-state index in [9.17, 15) is 14.0 Å². The van der Waals surface area contributed by atoms with Crippen molar-refractivity contribution in [3.63, 3.8) is 0 Å². The van der Waals surface area contributed by atoms with E-state index in [1.807, 2.05) is 36.4 Å². The molecule has 1 atom stereocenters. The number of nitrogens with one attached hydrogen (secondary N) is 1. The van der Waals surface area contributed by atoms with Gasteiger partial charge in [-0.3, -0.25) is 14.2 Å². The normalized spacial score (nSPS) is 11.9. The van der Waals surface area contributed by atoms with Crippen LogP contribution in [0, 0.1) is 5.82 Å². The highest BCUT2D eigenvalue weighted by Crippen LogP contribution is 2.22. The van der Waals surface area contributed by atoms with Gasteiger partial charge in [0.1, 0.15) is 5.82 Å². The summed E-state index contributed by atoms with van der Waals surface area (Å²) in [5, 5.41) is 3.52. The van der Waals surface area contributed by atoms with Gasteiger partial charge < -0.3 is 5.32 Å². The highest BCUT2D eigenvalue weighted by atomic mass is 19.1. The Kier molecular flexibility index (Phi) is 5.66. The van der Waals surface area contributed by atoms with Gasteiger partial charge in [0, 0.05) is 13.0 Å². The van der Waals surface area contributed by atoms with E-state index in [2.05, 4.69) is 10.3 Å². The zero-order valence-corrected chi connectivity index (χ0v) is 16.2. The lowest BCUT2D eigenvalue weighted by Crippen LogP contribution is -2.31. The van der Waals surface area contributed by atoms with Gasteiger partial charge in [-0.1, -0.05) is 54.6 Å². The minimum Gasteiger partial charge on any atom is -0.345 e. The van der Waals surface area contributed by atoms with Crippen molar-refractivity contribution in [1.82, 2.24) is 14.9 Å². The molecule has 30 heavy (non-hydrogen) atoms. The molecule has 1 amide bonds. The molecule has 0 radical (unpaired) electrons. The molecule has 1 heterocycles. The van der Waals surface area contributed by atoms with Gasteiger partial charge in [-0.2, -0.15) is 0 Å². The van der Waals surface area contributed by atoms with Crippen LogP contribution in [0.2, 0.25) is 0 Å². The second-order valence-electron chi connectivity index (χ2n) is 6.97. The van der Waals surface area contributed by atoms with Crippen molar-refractivity contribution in [2.24, 2.45) is 0 Å². The summed E-state index contributed by atoms with van der Waals surface area (Å²) in [6, 6.07) is 22.3. The molecule has 3 aromatic carbocycles. The average Bonchev–Trinajstić information content (AvgIpc) is 2.78. The Morgan fingerprint density at radius 2 is 1.60 bits per heavy atom. The Balaban J connectivity index is 1.51. The fourth-order valence-corrected chi connectivity index (χ4v) is 3.38. The van der Waals surface area contributed by atoms with Crippen molar-refractivity contribution in [3.05, 3.63) is 112 Å². The van der Waals surface area contributed by atoms with E-state index in [1.54, 1.807) is 30.3 Å². The van der Waals surface area contributed by atoms with Gasteiger partial charge >= 0.3 is 0 Å². The summed E-state index contributed by atoms with van der Waals surface area (Å²) in [5.41, 5.74) is 2.12. The number of aromatic nitrogens is 2. The van der Waals surface area contributed by atoms with Crippen molar-refractivity contribution >= 4 is 16.8 Å². The molecule has 0 aliphatic rings. The van der Waals surface area contributed by atoms with Crippen LogP contribution in [0.5, 0.6) is 0 Å². The van der Waals surface area contributed by atoms with E-state index >= 15 is 0 Å². The molecule has 0 aliphatic carbocycles. The lowest BCUT2D eigenvalue weighted by Gasteiger charge is -2.20. The number of aryl methyl sites for hydroxylation is 1. The predicted octanol–water partition coefficient (Wildman–Crippen LogP) is 3.83. The number of amides is 1. The zero-order valence-electron chi connectivity index (χ0n) is 16.2. The molecule has 150 valence electrons. The maximum atomic E-state index is 13.3. The lowest BCUT2D eigenvalue weighted by molar-refractivity contribution is -0.121. The standard InChI is InChI=1S/C24H20FN3O2/c25-19-12-10-18(11-13-19)23(17-6-2-1-3-7-17)27-22(29)14-15-28-16-26-21-9-5-4-8-20(21)24(28)30/h1-13,16,23H,14-15H2,(H,27,29). The molecule has 4 aromatic rings. The highest BCUT2D eigenvalue weighted by molar-refractivity contribution is 5.78. The van der Waals surface area contributed by atoms with Crippen LogP contribution in [-0.2, 0) is 11.3 Å². The maximum Gasteiger partial charge on any atom is 0.261 e. The second kappa shape index (κ2) is 8.69. The molecule has 1 N–H and O–H groups in total. The summed E-state index contributed by atoms with van der Waals surface area (Å²) in [4.78, 5) is 29.6. The Morgan fingerprint density at radius 1 is 0.933 bits per heavy atom. The summed E-state index contributed by atoms with van der Waals surface area (Å²) in [7, 11) is 0. The van der Waals surface area contributed by atoms with Gasteiger partial charge in [0.2, 0.25) is 5.91 Å². The molecular weight excluding hydrogens is 381 g/mol. The number of halogens is 1. The van der Waals surface area contributed by atoms with Crippen molar-refractivity contribution in [3.8, 4) is 0 Å². The Morgan fingerprint density at radius 3 is 2.37 bits per heavy atom. The third kappa shape index (κ3) is 4.27. The van der Waals surface area contributed by atoms with Crippen molar-refractivity contribution in [2.45, 2.75) is 19.0 Å². The molecule has 5 nitrogen and oxygen atoms in total. The minimum absolute atomic E-state index is 0.116. The number of hydrogen-bond acceptors (Lipinski definition) is 3. The minimum atomic E-state index is -0.411. The summed E-state index contributed by atoms with van der Waals surface area (Å²) >= 11 is 0. The van der Waals surface area contributed by atoms with Gasteiger partial charge in [-0.25, -0.2) is 9.37 Å². The first-order chi connectivity index (χ1) is 14.6. The SMILES string of the molecule is O=C(CCn1cnc2ccccc2c1=O)NC(c1ccccc1)c1ccc(F)cc1. The van der Waals surface area contributed by atoms with Gasteiger partial charge in [0.25, 0.3) is 5.56 Å². The van der Waals surface area contributed by atoms with E-state index in [4.69, 9.17) is 0 Å². The van der Waals surface area contributed by atoms with Gasteiger partial charge in [0.15, 0.2) is 0 Å². The summed E-state index contributed by atoms with van der Waals surface area (Å²) in [5.74, 6) is -0.548. The van der Waals surface area contributed by atoms with Crippen LogP contribution in [0.15, 0.2) is 90.0 Å².